The van der Waals surface area contributed by atoms with Gasteiger partial charge in [-0.05, 0) is 36.2 Å². The summed E-state index contributed by atoms with van der Waals surface area (Å²) in [6.07, 6.45) is 0. The summed E-state index contributed by atoms with van der Waals surface area (Å²) in [5.41, 5.74) is 1.55. The van der Waals surface area contributed by atoms with E-state index in [2.05, 4.69) is 15.5 Å². The molecule has 19 heavy (non-hydrogen) atoms. The first-order valence-electron chi connectivity index (χ1n) is 5.27. The van der Waals surface area contributed by atoms with Crippen molar-refractivity contribution >= 4 is 51.4 Å². The first-order valence-corrected chi connectivity index (χ1v) is 6.84. The number of anilines is 2. The van der Waals surface area contributed by atoms with Crippen LogP contribution >= 0.6 is 34.5 Å². The summed E-state index contributed by atoms with van der Waals surface area (Å²) in [6, 6.07) is 5.03. The smallest absolute Gasteiger partial charge is 0.306 e. The van der Waals surface area contributed by atoms with Crippen LogP contribution in [0, 0.1) is 6.92 Å². The lowest BCUT2D eigenvalue weighted by Crippen LogP contribution is -2.31. The van der Waals surface area contributed by atoms with E-state index in [9.17, 15) is 4.79 Å². The van der Waals surface area contributed by atoms with Gasteiger partial charge in [-0.25, -0.2) is 4.79 Å². The van der Waals surface area contributed by atoms with E-state index in [1.165, 1.54) is 4.90 Å². The second kappa shape index (κ2) is 5.73. The van der Waals surface area contributed by atoms with Crippen molar-refractivity contribution in [2.24, 2.45) is 0 Å². The number of nitrogens with one attached hydrogen (secondary N) is 1. The normalized spacial score (nSPS) is 10.3. The Bertz CT molecular complexity index is 616. The maximum atomic E-state index is 12.0. The van der Waals surface area contributed by atoms with Crippen LogP contribution in [-0.2, 0) is 0 Å². The number of hydrogen-bond donors (Lipinski definition) is 1. The summed E-state index contributed by atoms with van der Waals surface area (Å²) in [7, 11) is 1.58. The van der Waals surface area contributed by atoms with Crippen LogP contribution in [0.4, 0.5) is 15.6 Å². The standard InChI is InChI=1S/C11H10Cl2N4OS/c1-6-3-4-7(12)8(5-6)14-10(18)17(2)11-16-15-9(13)19-11/h3-5H,1-2H3,(H,14,18). The topological polar surface area (TPSA) is 58.1 Å². The number of aryl methyl sites for hydroxylation is 1. The average Bonchev–Trinajstić information content (AvgIpc) is 2.79. The van der Waals surface area contributed by atoms with Gasteiger partial charge in [0.1, 0.15) is 0 Å². The van der Waals surface area contributed by atoms with E-state index in [0.717, 1.165) is 16.9 Å². The van der Waals surface area contributed by atoms with Gasteiger partial charge in [0.05, 0.1) is 10.7 Å². The molecule has 0 aliphatic carbocycles. The molecule has 5 nitrogen and oxygen atoms in total. The van der Waals surface area contributed by atoms with E-state index < -0.39 is 0 Å². The van der Waals surface area contributed by atoms with Crippen molar-refractivity contribution in [1.29, 1.82) is 0 Å². The number of carbonyl (C=O) groups is 1. The highest BCUT2D eigenvalue weighted by molar-refractivity contribution is 7.19. The predicted molar refractivity (Wildman–Crippen MR) is 78.5 cm³/mol. The molecule has 2 aromatic rings. The number of carbonyl (C=O) groups excluding carboxylic acids is 1. The second-order valence-corrected chi connectivity index (χ2v) is 5.76. The van der Waals surface area contributed by atoms with Crippen LogP contribution in [0.25, 0.3) is 0 Å². The number of rotatable bonds is 2. The highest BCUT2D eigenvalue weighted by Gasteiger charge is 2.16. The Labute approximate surface area is 124 Å². The number of amides is 2. The van der Waals surface area contributed by atoms with Gasteiger partial charge in [-0.15, -0.1) is 10.2 Å². The number of aromatic nitrogens is 2. The lowest BCUT2D eigenvalue weighted by molar-refractivity contribution is 0.258. The van der Waals surface area contributed by atoms with E-state index in [-0.39, 0.29) is 10.5 Å². The van der Waals surface area contributed by atoms with Gasteiger partial charge in [-0.3, -0.25) is 4.90 Å². The molecule has 0 fully saturated rings. The molecule has 1 heterocycles. The molecule has 0 saturated carbocycles. The maximum Gasteiger partial charge on any atom is 0.327 e. The van der Waals surface area contributed by atoms with Gasteiger partial charge in [0, 0.05) is 7.05 Å². The van der Waals surface area contributed by atoms with E-state index >= 15 is 0 Å². The molecule has 0 spiro atoms. The van der Waals surface area contributed by atoms with Crippen molar-refractivity contribution in [2.75, 3.05) is 17.3 Å². The molecule has 0 saturated heterocycles. The number of hydrogen-bond acceptors (Lipinski definition) is 4. The number of halogens is 2. The first-order chi connectivity index (χ1) is 8.97. The Morgan fingerprint density at radius 2 is 2.11 bits per heavy atom. The summed E-state index contributed by atoms with van der Waals surface area (Å²) in [6.45, 7) is 1.92. The van der Waals surface area contributed by atoms with Crippen LogP contribution in [0.5, 0.6) is 0 Å². The molecular formula is C11H10Cl2N4OS. The fourth-order valence-electron chi connectivity index (χ4n) is 1.35. The van der Waals surface area contributed by atoms with Gasteiger partial charge in [0.15, 0.2) is 0 Å². The Morgan fingerprint density at radius 1 is 1.37 bits per heavy atom. The van der Waals surface area contributed by atoms with Gasteiger partial charge >= 0.3 is 6.03 Å². The third kappa shape index (κ3) is 3.34. The maximum absolute atomic E-state index is 12.0. The van der Waals surface area contributed by atoms with Crippen LogP contribution in [0.3, 0.4) is 0 Å². The average molecular weight is 317 g/mol. The molecule has 0 atom stereocenters. The number of nitrogens with zero attached hydrogens (tertiary/aromatic N) is 3. The minimum Gasteiger partial charge on any atom is -0.306 e. The third-order valence-electron chi connectivity index (χ3n) is 2.34. The van der Waals surface area contributed by atoms with Gasteiger partial charge < -0.3 is 5.32 Å². The Hall–Kier alpha value is -1.37. The number of benzene rings is 1. The fraction of sp³-hybridized carbons (Fsp3) is 0.182. The minimum atomic E-state index is -0.361. The molecular weight excluding hydrogens is 307 g/mol. The molecule has 2 rings (SSSR count). The van der Waals surface area contributed by atoms with Crippen LogP contribution in [0.1, 0.15) is 5.56 Å². The van der Waals surface area contributed by atoms with E-state index in [0.29, 0.717) is 15.8 Å². The molecule has 0 unspecified atom stereocenters. The molecule has 0 bridgehead atoms. The molecule has 2 amide bonds. The van der Waals surface area contributed by atoms with Crippen molar-refractivity contribution in [1.82, 2.24) is 10.2 Å². The van der Waals surface area contributed by atoms with Crippen molar-refractivity contribution in [3.63, 3.8) is 0 Å². The fourth-order valence-corrected chi connectivity index (χ4v) is 2.30. The highest BCUT2D eigenvalue weighted by Crippen LogP contribution is 2.25. The zero-order chi connectivity index (χ0) is 14.0. The monoisotopic (exact) mass is 316 g/mol. The minimum absolute atomic E-state index is 0.281. The predicted octanol–water partition coefficient (Wildman–Crippen LogP) is 3.82. The lowest BCUT2D eigenvalue weighted by atomic mass is 10.2. The van der Waals surface area contributed by atoms with Crippen LogP contribution in [-0.4, -0.2) is 23.3 Å². The SMILES string of the molecule is Cc1ccc(Cl)c(NC(=O)N(C)c2nnc(Cl)s2)c1. The highest BCUT2D eigenvalue weighted by atomic mass is 35.5. The summed E-state index contributed by atoms with van der Waals surface area (Å²) in [4.78, 5) is 13.4. The van der Waals surface area contributed by atoms with Crippen LogP contribution < -0.4 is 10.2 Å². The zero-order valence-electron chi connectivity index (χ0n) is 10.1. The largest absolute Gasteiger partial charge is 0.327 e. The molecule has 0 radical (unpaired) electrons. The molecule has 0 aliphatic heterocycles. The van der Waals surface area contributed by atoms with E-state index in [4.69, 9.17) is 23.2 Å². The van der Waals surface area contributed by atoms with Crippen molar-refractivity contribution in [2.45, 2.75) is 6.92 Å². The van der Waals surface area contributed by atoms with E-state index in [1.54, 1.807) is 19.2 Å². The lowest BCUT2D eigenvalue weighted by Gasteiger charge is -2.15. The quantitative estimate of drug-likeness (QED) is 0.916. The van der Waals surface area contributed by atoms with Gasteiger partial charge in [-0.2, -0.15) is 0 Å². The Morgan fingerprint density at radius 3 is 2.74 bits per heavy atom. The molecule has 1 N–H and O–H groups in total. The Kier molecular flexibility index (Phi) is 4.24. The summed E-state index contributed by atoms with van der Waals surface area (Å²) >= 11 is 12.8. The first kappa shape index (κ1) is 14.0. The molecule has 8 heteroatoms. The molecule has 0 aliphatic rings. The Balaban J connectivity index is 2.14. The van der Waals surface area contributed by atoms with Gasteiger partial charge in [0.25, 0.3) is 0 Å². The molecule has 1 aromatic carbocycles. The van der Waals surface area contributed by atoms with Crippen LogP contribution in [0.2, 0.25) is 9.49 Å². The zero-order valence-corrected chi connectivity index (χ0v) is 12.5. The van der Waals surface area contributed by atoms with Crippen LogP contribution in [0.15, 0.2) is 18.2 Å². The van der Waals surface area contributed by atoms with Gasteiger partial charge in [0.2, 0.25) is 9.60 Å². The van der Waals surface area contributed by atoms with Crippen molar-refractivity contribution < 1.29 is 4.79 Å². The van der Waals surface area contributed by atoms with E-state index in [1.807, 2.05) is 13.0 Å². The third-order valence-corrected chi connectivity index (χ3v) is 3.77. The summed E-state index contributed by atoms with van der Waals surface area (Å²) in [5, 5.41) is 11.0. The van der Waals surface area contributed by atoms with Gasteiger partial charge in [-0.1, -0.05) is 29.0 Å². The summed E-state index contributed by atoms with van der Waals surface area (Å²) in [5.74, 6) is 0. The molecule has 100 valence electrons. The number of urea groups is 1. The summed E-state index contributed by atoms with van der Waals surface area (Å²) < 4.78 is 0.281. The second-order valence-electron chi connectivity index (χ2n) is 3.81. The molecule has 1 aromatic heterocycles. The van der Waals surface area contributed by atoms with Crippen molar-refractivity contribution in [3.05, 3.63) is 33.3 Å². The van der Waals surface area contributed by atoms with Crippen molar-refractivity contribution in [3.8, 4) is 0 Å².